The van der Waals surface area contributed by atoms with Gasteiger partial charge in [-0.2, -0.15) is 0 Å². The molecule has 0 radical (unpaired) electrons. The Hall–Kier alpha value is -3.67. The number of aromatic nitrogens is 1. The Bertz CT molecular complexity index is 1230. The van der Waals surface area contributed by atoms with Crippen molar-refractivity contribution in [3.05, 3.63) is 95.8 Å². The molecule has 0 bridgehead atoms. The number of hydrogen-bond acceptors (Lipinski definition) is 4. The first-order valence-corrected chi connectivity index (χ1v) is 13.1. The van der Waals surface area contributed by atoms with E-state index in [9.17, 15) is 9.59 Å². The van der Waals surface area contributed by atoms with Crippen molar-refractivity contribution < 1.29 is 9.59 Å². The van der Waals surface area contributed by atoms with Crippen LogP contribution in [0.15, 0.2) is 79.1 Å². The Labute approximate surface area is 212 Å². The number of hydrogen-bond donors (Lipinski definition) is 2. The van der Waals surface area contributed by atoms with E-state index in [2.05, 4.69) is 44.8 Å². The van der Waals surface area contributed by atoms with Crippen LogP contribution in [-0.4, -0.2) is 34.3 Å². The predicted octanol–water partition coefficient (Wildman–Crippen LogP) is 5.13. The summed E-state index contributed by atoms with van der Waals surface area (Å²) in [7, 11) is 0. The van der Waals surface area contributed by atoms with E-state index < -0.39 is 0 Å². The van der Waals surface area contributed by atoms with Crippen LogP contribution in [0.5, 0.6) is 0 Å². The lowest BCUT2D eigenvalue weighted by atomic mass is 9.79. The van der Waals surface area contributed by atoms with E-state index in [-0.39, 0.29) is 41.8 Å². The Morgan fingerprint density at radius 2 is 1.72 bits per heavy atom. The molecule has 3 heterocycles. The first kappa shape index (κ1) is 22.8. The second kappa shape index (κ2) is 9.76. The summed E-state index contributed by atoms with van der Waals surface area (Å²) in [4.78, 5) is 33.6. The highest BCUT2D eigenvalue weighted by Crippen LogP contribution is 2.51. The van der Waals surface area contributed by atoms with E-state index in [1.165, 1.54) is 5.56 Å². The number of benzene rings is 2. The first-order chi connectivity index (χ1) is 17.7. The molecular formula is C30H32N4O2. The third kappa shape index (κ3) is 4.15. The largest absolute Gasteiger partial charge is 0.378 e. The van der Waals surface area contributed by atoms with Gasteiger partial charge in [-0.15, -0.1) is 0 Å². The van der Waals surface area contributed by atoms with E-state index >= 15 is 0 Å². The molecule has 6 nitrogen and oxygen atoms in total. The highest BCUT2D eigenvalue weighted by molar-refractivity contribution is 5.94. The van der Waals surface area contributed by atoms with Crippen LogP contribution in [0.1, 0.15) is 65.7 Å². The van der Waals surface area contributed by atoms with Crippen LogP contribution >= 0.6 is 0 Å². The normalized spacial score (nSPS) is 26.9. The second-order valence-corrected chi connectivity index (χ2v) is 10.3. The van der Waals surface area contributed by atoms with Gasteiger partial charge in [0.15, 0.2) is 0 Å². The van der Waals surface area contributed by atoms with E-state index in [0.29, 0.717) is 5.56 Å². The summed E-state index contributed by atoms with van der Waals surface area (Å²) in [5.74, 6) is 0.170. The molecule has 3 aliphatic rings. The summed E-state index contributed by atoms with van der Waals surface area (Å²) in [6.45, 7) is 0.733. The fraction of sp³-hybridized carbons (Fsp3) is 0.367. The standard InChI is InChI=1S/C30H32N4O2/c35-29(20-9-2-1-3-10-20)33-26-15-7-5-13-23(26)30(36)34-18-16-24-27(21-11-8-17-31-19-21)32-25-14-6-4-12-22(25)28(24)34/h1-4,6,8-12,14,17,19,23-24,26-28,32H,5,7,13,15-16,18H2,(H,33,35)/t23-,24-,26?,27+,28+/m0/s1. The zero-order chi connectivity index (χ0) is 24.5. The van der Waals surface area contributed by atoms with Crippen LogP contribution in [0.25, 0.3) is 0 Å². The summed E-state index contributed by atoms with van der Waals surface area (Å²) in [6.07, 6.45) is 8.38. The molecule has 2 amide bonds. The van der Waals surface area contributed by atoms with Crippen LogP contribution in [0, 0.1) is 11.8 Å². The minimum absolute atomic E-state index is 0.0209. The lowest BCUT2D eigenvalue weighted by molar-refractivity contribution is -0.138. The number of anilines is 1. The number of para-hydroxylation sites is 1. The van der Waals surface area contributed by atoms with Crippen molar-refractivity contribution in [3.8, 4) is 0 Å². The van der Waals surface area contributed by atoms with Crippen LogP contribution in [0.4, 0.5) is 5.69 Å². The van der Waals surface area contributed by atoms with E-state index in [0.717, 1.165) is 49.9 Å². The van der Waals surface area contributed by atoms with Crippen LogP contribution in [-0.2, 0) is 4.79 Å². The molecule has 3 aromatic rings. The number of rotatable bonds is 4. The summed E-state index contributed by atoms with van der Waals surface area (Å²) in [5, 5.41) is 6.95. The van der Waals surface area contributed by atoms with Gasteiger partial charge in [-0.25, -0.2) is 0 Å². The maximum atomic E-state index is 14.2. The molecule has 184 valence electrons. The van der Waals surface area contributed by atoms with Crippen molar-refractivity contribution in [1.82, 2.24) is 15.2 Å². The van der Waals surface area contributed by atoms with E-state index in [1.807, 2.05) is 48.7 Å². The zero-order valence-corrected chi connectivity index (χ0v) is 20.3. The molecule has 1 aliphatic carbocycles. The quantitative estimate of drug-likeness (QED) is 0.543. The molecule has 2 aromatic carbocycles. The van der Waals surface area contributed by atoms with Gasteiger partial charge < -0.3 is 15.5 Å². The minimum Gasteiger partial charge on any atom is -0.378 e. The van der Waals surface area contributed by atoms with Crippen molar-refractivity contribution in [2.24, 2.45) is 11.8 Å². The number of fused-ring (bicyclic) bond motifs is 3. The van der Waals surface area contributed by atoms with Gasteiger partial charge in [-0.1, -0.05) is 55.3 Å². The van der Waals surface area contributed by atoms with Crippen LogP contribution < -0.4 is 10.6 Å². The number of nitrogens with one attached hydrogen (secondary N) is 2. The summed E-state index contributed by atoms with van der Waals surface area (Å²) in [5.41, 5.74) is 4.07. The summed E-state index contributed by atoms with van der Waals surface area (Å²) in [6, 6.07) is 21.8. The lowest BCUT2D eigenvalue weighted by Crippen LogP contribution is -2.50. The third-order valence-electron chi connectivity index (χ3n) is 8.23. The molecule has 2 fully saturated rings. The van der Waals surface area contributed by atoms with E-state index in [4.69, 9.17) is 0 Å². The maximum Gasteiger partial charge on any atom is 0.251 e. The van der Waals surface area contributed by atoms with Gasteiger partial charge in [0.1, 0.15) is 0 Å². The topological polar surface area (TPSA) is 74.3 Å². The van der Waals surface area contributed by atoms with E-state index in [1.54, 1.807) is 6.20 Å². The Balaban J connectivity index is 1.28. The molecule has 2 aliphatic heterocycles. The second-order valence-electron chi connectivity index (χ2n) is 10.3. The molecule has 6 rings (SSSR count). The van der Waals surface area contributed by atoms with Gasteiger partial charge in [0.2, 0.25) is 5.91 Å². The van der Waals surface area contributed by atoms with Gasteiger partial charge in [0.05, 0.1) is 18.0 Å². The number of carbonyl (C=O) groups is 2. The first-order valence-electron chi connectivity index (χ1n) is 13.1. The number of likely N-dealkylation sites (tertiary alicyclic amines) is 1. The predicted molar refractivity (Wildman–Crippen MR) is 139 cm³/mol. The van der Waals surface area contributed by atoms with Crippen molar-refractivity contribution in [2.75, 3.05) is 11.9 Å². The molecule has 2 N–H and O–H groups in total. The summed E-state index contributed by atoms with van der Waals surface area (Å²) >= 11 is 0. The molecule has 0 spiro atoms. The lowest BCUT2D eigenvalue weighted by Gasteiger charge is -2.42. The SMILES string of the molecule is O=C(NC1CCCC[C@@H]1C(=O)N1CC[C@H]2[C@@H](c3cccnc3)Nc3ccccc3[C@H]21)c1ccccc1. The molecule has 5 atom stereocenters. The Morgan fingerprint density at radius 3 is 2.56 bits per heavy atom. The van der Waals surface area contributed by atoms with Gasteiger partial charge in [0.25, 0.3) is 5.91 Å². The smallest absolute Gasteiger partial charge is 0.251 e. The number of amides is 2. The van der Waals surface area contributed by atoms with Gasteiger partial charge in [0, 0.05) is 42.1 Å². The summed E-state index contributed by atoms with van der Waals surface area (Å²) < 4.78 is 0. The average Bonchev–Trinajstić information content (AvgIpc) is 3.39. The maximum absolute atomic E-state index is 14.2. The molecular weight excluding hydrogens is 448 g/mol. The minimum atomic E-state index is -0.191. The third-order valence-corrected chi connectivity index (χ3v) is 8.23. The van der Waals surface area contributed by atoms with Gasteiger partial charge in [-0.3, -0.25) is 14.6 Å². The molecule has 1 saturated carbocycles. The van der Waals surface area contributed by atoms with Gasteiger partial charge >= 0.3 is 0 Å². The Kier molecular flexibility index (Phi) is 6.18. The van der Waals surface area contributed by atoms with Crippen molar-refractivity contribution in [1.29, 1.82) is 0 Å². The molecule has 1 aromatic heterocycles. The molecule has 1 unspecified atom stereocenters. The zero-order valence-electron chi connectivity index (χ0n) is 20.3. The monoisotopic (exact) mass is 480 g/mol. The molecule has 36 heavy (non-hydrogen) atoms. The number of nitrogens with zero attached hydrogens (tertiary/aromatic N) is 2. The van der Waals surface area contributed by atoms with Gasteiger partial charge in [-0.05, 0) is 54.7 Å². The van der Waals surface area contributed by atoms with Crippen molar-refractivity contribution in [3.63, 3.8) is 0 Å². The highest BCUT2D eigenvalue weighted by atomic mass is 16.2. The Morgan fingerprint density at radius 1 is 0.917 bits per heavy atom. The molecule has 6 heteroatoms. The molecule has 1 saturated heterocycles. The van der Waals surface area contributed by atoms with Crippen molar-refractivity contribution in [2.45, 2.75) is 50.2 Å². The van der Waals surface area contributed by atoms with Crippen LogP contribution in [0.3, 0.4) is 0 Å². The fourth-order valence-electron chi connectivity index (χ4n) is 6.52. The fourth-order valence-corrected chi connectivity index (χ4v) is 6.52. The van der Waals surface area contributed by atoms with Crippen molar-refractivity contribution >= 4 is 17.5 Å². The average molecular weight is 481 g/mol. The number of pyridine rings is 1. The highest BCUT2D eigenvalue weighted by Gasteiger charge is 2.48. The number of carbonyl (C=O) groups excluding carboxylic acids is 2. The van der Waals surface area contributed by atoms with Crippen LogP contribution in [0.2, 0.25) is 0 Å².